The molecular weight excluding hydrogens is 210 g/mol. The number of methoxy groups -OCH3 is 1. The summed E-state index contributed by atoms with van der Waals surface area (Å²) in [7, 11) is 1.57. The van der Waals surface area contributed by atoms with E-state index in [2.05, 4.69) is 5.32 Å². The molecule has 0 unspecified atom stereocenters. The number of aliphatic carboxylic acids is 1. The van der Waals surface area contributed by atoms with E-state index < -0.39 is 11.9 Å². The van der Waals surface area contributed by atoms with Crippen molar-refractivity contribution in [3.63, 3.8) is 0 Å². The molecule has 0 atom stereocenters. The number of carbonyl (C=O) groups excluding carboxylic acids is 1. The van der Waals surface area contributed by atoms with Gasteiger partial charge in [0.05, 0.1) is 7.11 Å². The molecule has 0 aliphatic rings. The van der Waals surface area contributed by atoms with Gasteiger partial charge in [0.2, 0.25) is 0 Å². The first-order valence-corrected chi connectivity index (χ1v) is 4.77. The lowest BCUT2D eigenvalue weighted by Gasteiger charge is -2.04. The number of carboxylic acids is 1. The molecular formula is C11H13NO4. The highest BCUT2D eigenvalue weighted by Crippen LogP contribution is 2.12. The maximum Gasteiger partial charge on any atom is 0.394 e. The molecule has 0 spiro atoms. The SMILES string of the molecule is COc1cccc(CCNC(=O)C(=O)O)c1. The monoisotopic (exact) mass is 223 g/mol. The Hall–Kier alpha value is -2.04. The summed E-state index contributed by atoms with van der Waals surface area (Å²) >= 11 is 0. The molecule has 2 N–H and O–H groups in total. The summed E-state index contributed by atoms with van der Waals surface area (Å²) in [6, 6.07) is 7.38. The summed E-state index contributed by atoms with van der Waals surface area (Å²) in [6.07, 6.45) is 0.566. The van der Waals surface area contributed by atoms with Crippen molar-refractivity contribution >= 4 is 11.9 Å². The Morgan fingerprint density at radius 3 is 2.81 bits per heavy atom. The van der Waals surface area contributed by atoms with Crippen molar-refractivity contribution < 1.29 is 19.4 Å². The number of benzene rings is 1. The third-order valence-corrected chi connectivity index (χ3v) is 2.03. The first kappa shape index (κ1) is 12.0. The van der Waals surface area contributed by atoms with Crippen LogP contribution in [-0.2, 0) is 16.0 Å². The molecule has 5 nitrogen and oxygen atoms in total. The lowest BCUT2D eigenvalue weighted by Crippen LogP contribution is -2.32. The van der Waals surface area contributed by atoms with Gasteiger partial charge in [-0.15, -0.1) is 0 Å². The van der Waals surface area contributed by atoms with Gasteiger partial charge in [0, 0.05) is 6.54 Å². The van der Waals surface area contributed by atoms with Crippen LogP contribution >= 0.6 is 0 Å². The minimum absolute atomic E-state index is 0.290. The first-order chi connectivity index (χ1) is 7.63. The number of hydrogen-bond acceptors (Lipinski definition) is 3. The summed E-state index contributed by atoms with van der Waals surface area (Å²) in [4.78, 5) is 20.9. The number of carboxylic acid groups (broad SMARTS) is 1. The highest BCUT2D eigenvalue weighted by molar-refractivity contribution is 6.31. The van der Waals surface area contributed by atoms with Crippen molar-refractivity contribution in [2.75, 3.05) is 13.7 Å². The van der Waals surface area contributed by atoms with E-state index in [0.717, 1.165) is 11.3 Å². The molecule has 1 aromatic rings. The fourth-order valence-corrected chi connectivity index (χ4v) is 1.22. The Kier molecular flexibility index (Phi) is 4.32. The predicted octanol–water partition coefficient (Wildman–Crippen LogP) is 0.438. The van der Waals surface area contributed by atoms with Gasteiger partial charge in [-0.3, -0.25) is 4.79 Å². The van der Waals surface area contributed by atoms with Gasteiger partial charge < -0.3 is 15.2 Å². The van der Waals surface area contributed by atoms with E-state index in [-0.39, 0.29) is 6.54 Å². The first-order valence-electron chi connectivity index (χ1n) is 4.77. The van der Waals surface area contributed by atoms with Crippen molar-refractivity contribution in [3.05, 3.63) is 29.8 Å². The standard InChI is InChI=1S/C11H13NO4/c1-16-9-4-2-3-8(7-9)5-6-12-10(13)11(14)15/h2-4,7H,5-6H2,1H3,(H,12,13)(H,14,15). The average Bonchev–Trinajstić information content (AvgIpc) is 2.29. The predicted molar refractivity (Wildman–Crippen MR) is 57.3 cm³/mol. The maximum atomic E-state index is 10.7. The summed E-state index contributed by atoms with van der Waals surface area (Å²) in [5.41, 5.74) is 0.977. The number of carbonyl (C=O) groups is 2. The van der Waals surface area contributed by atoms with Crippen LogP contribution in [0.4, 0.5) is 0 Å². The normalized spacial score (nSPS) is 9.56. The molecule has 5 heteroatoms. The van der Waals surface area contributed by atoms with Crippen LogP contribution in [0.5, 0.6) is 5.75 Å². The van der Waals surface area contributed by atoms with Crippen LogP contribution in [0, 0.1) is 0 Å². The minimum Gasteiger partial charge on any atom is -0.497 e. The Bertz CT molecular complexity index is 389. The molecule has 1 aromatic carbocycles. The lowest BCUT2D eigenvalue weighted by molar-refractivity contribution is -0.150. The number of amides is 1. The van der Waals surface area contributed by atoms with E-state index in [1.165, 1.54) is 0 Å². The third kappa shape index (κ3) is 3.61. The Morgan fingerprint density at radius 2 is 2.19 bits per heavy atom. The van der Waals surface area contributed by atoms with Gasteiger partial charge in [0.25, 0.3) is 0 Å². The summed E-state index contributed by atoms with van der Waals surface area (Å²) < 4.78 is 5.04. The minimum atomic E-state index is -1.47. The molecule has 1 rings (SSSR count). The van der Waals surface area contributed by atoms with Crippen molar-refractivity contribution in [3.8, 4) is 5.75 Å². The van der Waals surface area contributed by atoms with Crippen molar-refractivity contribution in [2.24, 2.45) is 0 Å². The van der Waals surface area contributed by atoms with E-state index in [4.69, 9.17) is 9.84 Å². The zero-order valence-electron chi connectivity index (χ0n) is 8.90. The van der Waals surface area contributed by atoms with E-state index in [9.17, 15) is 9.59 Å². The highest BCUT2D eigenvalue weighted by Gasteiger charge is 2.09. The van der Waals surface area contributed by atoms with E-state index in [1.807, 2.05) is 24.3 Å². The fourth-order valence-electron chi connectivity index (χ4n) is 1.22. The molecule has 16 heavy (non-hydrogen) atoms. The van der Waals surface area contributed by atoms with Crippen molar-refractivity contribution in [1.82, 2.24) is 5.32 Å². The van der Waals surface area contributed by atoms with Crippen LogP contribution in [0.25, 0.3) is 0 Å². The summed E-state index contributed by atoms with van der Waals surface area (Å²) in [6.45, 7) is 0.290. The molecule has 0 radical (unpaired) electrons. The van der Waals surface area contributed by atoms with Gasteiger partial charge in [-0.25, -0.2) is 4.79 Å². The molecule has 86 valence electrons. The fraction of sp³-hybridized carbons (Fsp3) is 0.273. The molecule has 0 bridgehead atoms. The third-order valence-electron chi connectivity index (χ3n) is 2.03. The molecule has 0 aliphatic carbocycles. The highest BCUT2D eigenvalue weighted by atomic mass is 16.5. The Labute approximate surface area is 93.0 Å². The second kappa shape index (κ2) is 5.75. The van der Waals surface area contributed by atoms with Crippen LogP contribution < -0.4 is 10.1 Å². The maximum absolute atomic E-state index is 10.7. The topological polar surface area (TPSA) is 75.6 Å². The van der Waals surface area contributed by atoms with Gasteiger partial charge in [-0.05, 0) is 24.1 Å². The van der Waals surface area contributed by atoms with E-state index >= 15 is 0 Å². The van der Waals surface area contributed by atoms with Crippen LogP contribution in [0.2, 0.25) is 0 Å². The zero-order chi connectivity index (χ0) is 12.0. The number of hydrogen-bond donors (Lipinski definition) is 2. The van der Waals surface area contributed by atoms with Crippen molar-refractivity contribution in [2.45, 2.75) is 6.42 Å². The summed E-state index contributed by atoms with van der Waals surface area (Å²) in [5, 5.41) is 10.6. The van der Waals surface area contributed by atoms with Gasteiger partial charge in [-0.1, -0.05) is 12.1 Å². The number of rotatable bonds is 4. The average molecular weight is 223 g/mol. The van der Waals surface area contributed by atoms with Gasteiger partial charge in [0.15, 0.2) is 0 Å². The summed E-state index contributed by atoms with van der Waals surface area (Å²) in [5.74, 6) is -1.71. The van der Waals surface area contributed by atoms with E-state index in [0.29, 0.717) is 6.42 Å². The molecule has 0 heterocycles. The van der Waals surface area contributed by atoms with Crippen LogP contribution in [0.3, 0.4) is 0 Å². The van der Waals surface area contributed by atoms with Crippen LogP contribution in [0.1, 0.15) is 5.56 Å². The Morgan fingerprint density at radius 1 is 1.44 bits per heavy atom. The molecule has 1 amide bonds. The Balaban J connectivity index is 2.42. The molecule has 0 saturated carbocycles. The van der Waals surface area contributed by atoms with Gasteiger partial charge in [-0.2, -0.15) is 0 Å². The van der Waals surface area contributed by atoms with Gasteiger partial charge >= 0.3 is 11.9 Å². The number of nitrogens with one attached hydrogen (secondary N) is 1. The lowest BCUT2D eigenvalue weighted by atomic mass is 10.1. The van der Waals surface area contributed by atoms with Crippen LogP contribution in [-0.4, -0.2) is 30.6 Å². The second-order valence-corrected chi connectivity index (χ2v) is 3.16. The molecule has 0 aliphatic heterocycles. The van der Waals surface area contributed by atoms with Crippen LogP contribution in [0.15, 0.2) is 24.3 Å². The quantitative estimate of drug-likeness (QED) is 0.726. The van der Waals surface area contributed by atoms with Crippen molar-refractivity contribution in [1.29, 1.82) is 0 Å². The molecule has 0 aromatic heterocycles. The smallest absolute Gasteiger partial charge is 0.394 e. The van der Waals surface area contributed by atoms with E-state index in [1.54, 1.807) is 7.11 Å². The largest absolute Gasteiger partial charge is 0.497 e. The number of ether oxygens (including phenoxy) is 1. The van der Waals surface area contributed by atoms with Gasteiger partial charge in [0.1, 0.15) is 5.75 Å². The molecule has 0 saturated heterocycles. The molecule has 0 fully saturated rings. The second-order valence-electron chi connectivity index (χ2n) is 3.16. The zero-order valence-corrected chi connectivity index (χ0v) is 8.90.